The lowest BCUT2D eigenvalue weighted by atomic mass is 9.90. The lowest BCUT2D eigenvalue weighted by Gasteiger charge is -2.39. The van der Waals surface area contributed by atoms with E-state index in [0.717, 1.165) is 23.0 Å². The highest BCUT2D eigenvalue weighted by Crippen LogP contribution is 2.33. The number of aliphatic hydroxyl groups is 1. The Hall–Kier alpha value is -0.580. The predicted octanol–water partition coefficient (Wildman–Crippen LogP) is 3.21. The summed E-state index contributed by atoms with van der Waals surface area (Å²) in [6.45, 7) is 3.17. The highest BCUT2D eigenvalue weighted by molar-refractivity contribution is 9.10. The van der Waals surface area contributed by atoms with Crippen molar-refractivity contribution in [3.05, 3.63) is 28.2 Å². The Balaban J connectivity index is 2.18. The van der Waals surface area contributed by atoms with Gasteiger partial charge in [0.25, 0.3) is 0 Å². The highest BCUT2D eigenvalue weighted by atomic mass is 79.9. The first-order valence-electron chi connectivity index (χ1n) is 7.06. The van der Waals surface area contributed by atoms with Crippen LogP contribution in [0, 0.1) is 0 Å². The maximum Gasteiger partial charge on any atom is 0.0447 e. The first-order valence-corrected chi connectivity index (χ1v) is 7.85. The number of rotatable bonds is 6. The second-order valence-electron chi connectivity index (χ2n) is 5.35. The van der Waals surface area contributed by atoms with Gasteiger partial charge in [0.15, 0.2) is 0 Å². The maximum atomic E-state index is 9.05. The van der Waals surface area contributed by atoms with Crippen molar-refractivity contribution >= 4 is 21.6 Å². The van der Waals surface area contributed by atoms with Crippen LogP contribution < -0.4 is 10.6 Å². The average Bonchev–Trinajstić information content (AvgIpc) is 2.31. The third-order valence-corrected chi connectivity index (χ3v) is 4.57. The summed E-state index contributed by atoms with van der Waals surface area (Å²) in [5.74, 6) is 0. The molecule has 0 radical (unpaired) electrons. The van der Waals surface area contributed by atoms with Gasteiger partial charge in [0.2, 0.25) is 0 Å². The summed E-state index contributed by atoms with van der Waals surface area (Å²) >= 11 is 3.62. The number of halogens is 1. The van der Waals surface area contributed by atoms with Crippen LogP contribution in [0.15, 0.2) is 22.7 Å². The Morgan fingerprint density at radius 2 is 2.21 bits per heavy atom. The van der Waals surface area contributed by atoms with E-state index in [9.17, 15) is 0 Å². The van der Waals surface area contributed by atoms with Gasteiger partial charge in [-0.05, 0) is 50.3 Å². The van der Waals surface area contributed by atoms with Crippen molar-refractivity contribution in [1.82, 2.24) is 0 Å². The smallest absolute Gasteiger partial charge is 0.0447 e. The first-order chi connectivity index (χ1) is 9.13. The zero-order chi connectivity index (χ0) is 13.8. The van der Waals surface area contributed by atoms with E-state index in [1.54, 1.807) is 0 Å². The third-order valence-electron chi connectivity index (χ3n) is 3.88. The number of aliphatic hydroxyl groups excluding tert-OH is 1. The molecule has 3 nitrogen and oxygen atoms in total. The molecule has 0 unspecified atom stereocenters. The molecule has 0 spiro atoms. The molecule has 2 rings (SSSR count). The van der Waals surface area contributed by atoms with Crippen LogP contribution in [0.4, 0.5) is 5.69 Å². The van der Waals surface area contributed by atoms with Gasteiger partial charge in [-0.15, -0.1) is 0 Å². The van der Waals surface area contributed by atoms with Gasteiger partial charge in [-0.25, -0.2) is 0 Å². The van der Waals surface area contributed by atoms with Crippen LogP contribution in [0.25, 0.3) is 0 Å². The minimum absolute atomic E-state index is 0.0398. The fourth-order valence-corrected chi connectivity index (χ4v) is 3.25. The van der Waals surface area contributed by atoms with Crippen LogP contribution in [0.2, 0.25) is 0 Å². The van der Waals surface area contributed by atoms with E-state index in [2.05, 4.69) is 39.0 Å². The standard InChI is InChI=1S/C15H23BrN2O/c1-11(17)14-7-6-13(10-15(14)16)18(8-3-9-19)12-4-2-5-12/h6-7,10-12,19H,2-5,8-9,17H2,1H3/t11-/m0/s1. The number of benzene rings is 1. The first kappa shape index (κ1) is 14.8. The van der Waals surface area contributed by atoms with Crippen molar-refractivity contribution in [2.75, 3.05) is 18.1 Å². The van der Waals surface area contributed by atoms with Gasteiger partial charge in [-0.1, -0.05) is 22.0 Å². The van der Waals surface area contributed by atoms with Crippen molar-refractivity contribution in [1.29, 1.82) is 0 Å². The zero-order valence-electron chi connectivity index (χ0n) is 11.5. The Labute approximate surface area is 123 Å². The molecule has 0 amide bonds. The average molecular weight is 327 g/mol. The van der Waals surface area contributed by atoms with Gasteiger partial charge in [0.05, 0.1) is 0 Å². The molecular weight excluding hydrogens is 304 g/mol. The minimum Gasteiger partial charge on any atom is -0.396 e. The molecule has 0 heterocycles. The molecule has 0 bridgehead atoms. The number of hydrogen-bond donors (Lipinski definition) is 2. The summed E-state index contributed by atoms with van der Waals surface area (Å²) in [6.07, 6.45) is 4.67. The molecule has 1 atom stereocenters. The van der Waals surface area contributed by atoms with E-state index in [1.807, 2.05) is 6.92 Å². The van der Waals surface area contributed by atoms with E-state index >= 15 is 0 Å². The van der Waals surface area contributed by atoms with Crippen LogP contribution in [0.5, 0.6) is 0 Å². The lowest BCUT2D eigenvalue weighted by molar-refractivity contribution is 0.283. The molecule has 1 fully saturated rings. The van der Waals surface area contributed by atoms with Crippen molar-refractivity contribution < 1.29 is 5.11 Å². The van der Waals surface area contributed by atoms with E-state index in [4.69, 9.17) is 10.8 Å². The molecule has 1 aliphatic carbocycles. The van der Waals surface area contributed by atoms with Crippen LogP contribution in [-0.2, 0) is 0 Å². The van der Waals surface area contributed by atoms with Crippen molar-refractivity contribution in [2.45, 2.75) is 44.7 Å². The van der Waals surface area contributed by atoms with Gasteiger partial charge in [0, 0.05) is 35.4 Å². The molecule has 106 valence electrons. The Bertz CT molecular complexity index is 419. The van der Waals surface area contributed by atoms with Crippen LogP contribution in [-0.4, -0.2) is 24.3 Å². The predicted molar refractivity (Wildman–Crippen MR) is 83.4 cm³/mol. The summed E-state index contributed by atoms with van der Waals surface area (Å²) in [6, 6.07) is 7.10. The minimum atomic E-state index is 0.0398. The van der Waals surface area contributed by atoms with E-state index in [0.29, 0.717) is 6.04 Å². The van der Waals surface area contributed by atoms with Gasteiger partial charge in [-0.3, -0.25) is 0 Å². The molecule has 1 aromatic carbocycles. The summed E-state index contributed by atoms with van der Waals surface area (Å²) in [5, 5.41) is 9.05. The summed E-state index contributed by atoms with van der Waals surface area (Å²) < 4.78 is 1.08. The third kappa shape index (κ3) is 3.50. The Kier molecular flexibility index (Phi) is 5.25. The number of nitrogens with zero attached hydrogens (tertiary/aromatic N) is 1. The van der Waals surface area contributed by atoms with Gasteiger partial charge < -0.3 is 15.7 Å². The Morgan fingerprint density at radius 1 is 1.47 bits per heavy atom. The monoisotopic (exact) mass is 326 g/mol. The molecule has 0 aromatic heterocycles. The molecule has 1 aliphatic rings. The van der Waals surface area contributed by atoms with Crippen molar-refractivity contribution in [3.63, 3.8) is 0 Å². The number of nitrogens with two attached hydrogens (primary N) is 1. The summed E-state index contributed by atoms with van der Waals surface area (Å²) in [7, 11) is 0. The SMILES string of the molecule is C[C@H](N)c1ccc(N(CCCO)C2CCC2)cc1Br. The van der Waals surface area contributed by atoms with Crippen molar-refractivity contribution in [2.24, 2.45) is 5.73 Å². The molecule has 1 saturated carbocycles. The van der Waals surface area contributed by atoms with Crippen LogP contribution in [0.3, 0.4) is 0 Å². The fourth-order valence-electron chi connectivity index (χ4n) is 2.53. The largest absolute Gasteiger partial charge is 0.396 e. The van der Waals surface area contributed by atoms with Crippen LogP contribution >= 0.6 is 15.9 Å². The quantitative estimate of drug-likeness (QED) is 0.843. The molecule has 4 heteroatoms. The van der Waals surface area contributed by atoms with E-state index < -0.39 is 0 Å². The number of hydrogen-bond acceptors (Lipinski definition) is 3. The van der Waals surface area contributed by atoms with E-state index in [1.165, 1.54) is 24.9 Å². The molecule has 3 N–H and O–H groups in total. The molecule has 1 aromatic rings. The highest BCUT2D eigenvalue weighted by Gasteiger charge is 2.25. The second kappa shape index (κ2) is 6.73. The zero-order valence-corrected chi connectivity index (χ0v) is 13.1. The lowest BCUT2D eigenvalue weighted by Crippen LogP contribution is -2.41. The fraction of sp³-hybridized carbons (Fsp3) is 0.600. The molecule has 0 saturated heterocycles. The normalized spacial score (nSPS) is 17.1. The summed E-state index contributed by atoms with van der Waals surface area (Å²) in [4.78, 5) is 2.43. The molecular formula is C15H23BrN2O. The second-order valence-corrected chi connectivity index (χ2v) is 6.20. The molecule has 19 heavy (non-hydrogen) atoms. The maximum absolute atomic E-state index is 9.05. The van der Waals surface area contributed by atoms with Gasteiger partial charge in [-0.2, -0.15) is 0 Å². The summed E-state index contributed by atoms with van der Waals surface area (Å²) in [5.41, 5.74) is 8.31. The van der Waals surface area contributed by atoms with E-state index in [-0.39, 0.29) is 12.6 Å². The van der Waals surface area contributed by atoms with Gasteiger partial charge in [0.1, 0.15) is 0 Å². The van der Waals surface area contributed by atoms with Crippen LogP contribution in [0.1, 0.15) is 44.2 Å². The van der Waals surface area contributed by atoms with Crippen molar-refractivity contribution in [3.8, 4) is 0 Å². The topological polar surface area (TPSA) is 49.5 Å². The Morgan fingerprint density at radius 3 is 2.68 bits per heavy atom. The molecule has 0 aliphatic heterocycles. The van der Waals surface area contributed by atoms with Gasteiger partial charge >= 0.3 is 0 Å². The number of anilines is 1.